The maximum atomic E-state index is 12.6. The molecule has 0 bridgehead atoms. The van der Waals surface area contributed by atoms with E-state index < -0.39 is 20.7 Å². The van der Waals surface area contributed by atoms with Crippen LogP contribution in [0.25, 0.3) is 0 Å². The van der Waals surface area contributed by atoms with Crippen molar-refractivity contribution in [3.8, 4) is 0 Å². The van der Waals surface area contributed by atoms with Gasteiger partial charge in [-0.3, -0.25) is 4.90 Å². The topological polar surface area (TPSA) is 59.0 Å². The first-order chi connectivity index (χ1) is 10.2. The summed E-state index contributed by atoms with van der Waals surface area (Å²) < 4.78 is 11.1. The van der Waals surface area contributed by atoms with E-state index in [2.05, 4.69) is 27.4 Å². The fourth-order valence-electron chi connectivity index (χ4n) is 2.95. The molecular formula is C16H30NO4Si. The number of ether oxygens (including phenoxy) is 1. The molecule has 22 heavy (non-hydrogen) atoms. The van der Waals surface area contributed by atoms with Gasteiger partial charge in [-0.05, 0) is 31.4 Å². The van der Waals surface area contributed by atoms with Gasteiger partial charge in [0.15, 0.2) is 0 Å². The average molecular weight is 329 g/mol. The molecule has 1 aliphatic heterocycles. The second-order valence-electron chi connectivity index (χ2n) is 7.24. The fourth-order valence-corrected chi connectivity index (χ4v) is 3.51. The van der Waals surface area contributed by atoms with E-state index in [1.807, 2.05) is 13.1 Å². The number of aliphatic hydroxyl groups excluding tert-OH is 1. The summed E-state index contributed by atoms with van der Waals surface area (Å²) in [6.07, 6.45) is 2.72. The average Bonchev–Trinajstić information content (AvgIpc) is 2.82. The number of rotatable bonds is 6. The number of hydrogen-bond acceptors (Lipinski definition) is 4. The molecule has 1 fully saturated rings. The summed E-state index contributed by atoms with van der Waals surface area (Å²) in [5.74, 6) is 0. The third-order valence-corrected chi connectivity index (χ3v) is 4.87. The highest BCUT2D eigenvalue weighted by molar-refractivity contribution is 6.48. The number of hydrogen-bond donors (Lipinski definition) is 1. The van der Waals surface area contributed by atoms with E-state index in [4.69, 9.17) is 9.16 Å². The Morgan fingerprint density at radius 1 is 1.50 bits per heavy atom. The van der Waals surface area contributed by atoms with E-state index in [1.165, 1.54) is 0 Å². The first-order valence-electron chi connectivity index (χ1n) is 7.79. The molecule has 2 atom stereocenters. The summed E-state index contributed by atoms with van der Waals surface area (Å²) in [5.41, 5.74) is -0.769. The van der Waals surface area contributed by atoms with Crippen molar-refractivity contribution in [1.29, 1.82) is 0 Å². The van der Waals surface area contributed by atoms with Gasteiger partial charge in [0.2, 0.25) is 9.04 Å². The standard InChI is InChI=1S/C16H30NO4Si/c1-7-10-20-14(19)17-13(15(2,3)4)8-9-16(17,11-18)12-21-22(5)6/h7,13,18H,1,8-12H2,2-6H3. The fraction of sp³-hybridized carbons (Fsp3) is 0.812. The van der Waals surface area contributed by atoms with Crippen molar-refractivity contribution in [2.24, 2.45) is 5.41 Å². The molecule has 5 nitrogen and oxygen atoms in total. The first-order valence-corrected chi connectivity index (χ1v) is 10.2. The Morgan fingerprint density at radius 3 is 2.59 bits per heavy atom. The Kier molecular flexibility index (Phi) is 6.64. The van der Waals surface area contributed by atoms with Gasteiger partial charge < -0.3 is 14.3 Å². The van der Waals surface area contributed by atoms with Crippen LogP contribution in [0.2, 0.25) is 13.1 Å². The second-order valence-corrected chi connectivity index (χ2v) is 9.34. The zero-order valence-corrected chi connectivity index (χ0v) is 15.5. The number of carbonyl (C=O) groups excluding carboxylic acids is 1. The van der Waals surface area contributed by atoms with Gasteiger partial charge in [-0.25, -0.2) is 4.79 Å². The smallest absolute Gasteiger partial charge is 0.410 e. The summed E-state index contributed by atoms with van der Waals surface area (Å²) >= 11 is 0. The van der Waals surface area contributed by atoms with Crippen LogP contribution in [0.1, 0.15) is 33.6 Å². The van der Waals surface area contributed by atoms with Crippen LogP contribution in [-0.4, -0.2) is 56.5 Å². The summed E-state index contributed by atoms with van der Waals surface area (Å²) in [4.78, 5) is 14.3. The lowest BCUT2D eigenvalue weighted by atomic mass is 9.85. The van der Waals surface area contributed by atoms with Gasteiger partial charge in [0, 0.05) is 6.04 Å². The molecule has 1 N–H and O–H groups in total. The lowest BCUT2D eigenvalue weighted by molar-refractivity contribution is -0.0142. The Balaban J connectivity index is 3.07. The molecule has 2 unspecified atom stereocenters. The highest BCUT2D eigenvalue weighted by atomic mass is 28.3. The van der Waals surface area contributed by atoms with Crippen LogP contribution >= 0.6 is 0 Å². The molecule has 1 saturated heterocycles. The molecule has 0 spiro atoms. The second kappa shape index (κ2) is 7.61. The van der Waals surface area contributed by atoms with Crippen LogP contribution in [0.4, 0.5) is 4.79 Å². The van der Waals surface area contributed by atoms with E-state index in [9.17, 15) is 9.90 Å². The number of nitrogens with zero attached hydrogens (tertiary/aromatic N) is 1. The Labute approximate surface area is 136 Å². The maximum Gasteiger partial charge on any atom is 0.410 e. The quantitative estimate of drug-likeness (QED) is 0.602. The van der Waals surface area contributed by atoms with Gasteiger partial charge in [0.05, 0.1) is 18.8 Å². The first kappa shape index (κ1) is 19.2. The van der Waals surface area contributed by atoms with Gasteiger partial charge in [0.25, 0.3) is 0 Å². The SMILES string of the molecule is C=CCOC(=O)N1C(C(C)(C)C)CCC1(CO)CO[Si](C)C. The summed E-state index contributed by atoms with van der Waals surface area (Å²) in [6.45, 7) is 14.4. The summed E-state index contributed by atoms with van der Waals surface area (Å²) in [6, 6.07) is 0.0185. The molecule has 0 aliphatic carbocycles. The molecule has 1 aliphatic rings. The van der Waals surface area contributed by atoms with Crippen molar-refractivity contribution >= 4 is 15.1 Å². The third kappa shape index (κ3) is 4.33. The zero-order valence-electron chi connectivity index (χ0n) is 14.5. The number of aliphatic hydroxyl groups is 1. The van der Waals surface area contributed by atoms with Crippen LogP contribution in [-0.2, 0) is 9.16 Å². The molecule has 1 amide bonds. The highest BCUT2D eigenvalue weighted by Gasteiger charge is 2.52. The van der Waals surface area contributed by atoms with E-state index in [0.717, 1.165) is 12.8 Å². The largest absolute Gasteiger partial charge is 0.445 e. The molecule has 6 heteroatoms. The van der Waals surface area contributed by atoms with E-state index >= 15 is 0 Å². The van der Waals surface area contributed by atoms with Crippen molar-refractivity contribution in [2.45, 2.75) is 58.3 Å². The van der Waals surface area contributed by atoms with Crippen molar-refractivity contribution in [2.75, 3.05) is 19.8 Å². The minimum Gasteiger partial charge on any atom is -0.445 e. The van der Waals surface area contributed by atoms with Gasteiger partial charge in [-0.2, -0.15) is 0 Å². The third-order valence-electron chi connectivity index (χ3n) is 4.15. The highest BCUT2D eigenvalue weighted by Crippen LogP contribution is 2.42. The molecular weight excluding hydrogens is 298 g/mol. The van der Waals surface area contributed by atoms with E-state index in [1.54, 1.807) is 11.0 Å². The minimum atomic E-state index is -0.893. The predicted molar refractivity (Wildman–Crippen MR) is 89.1 cm³/mol. The van der Waals surface area contributed by atoms with E-state index in [0.29, 0.717) is 6.61 Å². The van der Waals surface area contributed by atoms with Gasteiger partial charge in [-0.1, -0.05) is 33.4 Å². The van der Waals surface area contributed by atoms with E-state index in [-0.39, 0.29) is 24.7 Å². The van der Waals surface area contributed by atoms with Crippen LogP contribution in [0.5, 0.6) is 0 Å². The predicted octanol–water partition coefficient (Wildman–Crippen LogP) is 2.82. The Hall–Kier alpha value is -0.853. The molecule has 0 aromatic carbocycles. The number of carbonyl (C=O) groups is 1. The van der Waals surface area contributed by atoms with Crippen LogP contribution in [0.3, 0.4) is 0 Å². The monoisotopic (exact) mass is 328 g/mol. The van der Waals surface area contributed by atoms with Gasteiger partial charge in [0.1, 0.15) is 6.61 Å². The van der Waals surface area contributed by atoms with Crippen LogP contribution in [0, 0.1) is 5.41 Å². The Morgan fingerprint density at radius 2 is 2.14 bits per heavy atom. The molecule has 0 saturated carbocycles. The van der Waals surface area contributed by atoms with Crippen molar-refractivity contribution in [3.63, 3.8) is 0 Å². The van der Waals surface area contributed by atoms with Gasteiger partial charge >= 0.3 is 6.09 Å². The number of amides is 1. The van der Waals surface area contributed by atoms with Crippen molar-refractivity contribution < 1.29 is 19.1 Å². The lowest BCUT2D eigenvalue weighted by Crippen LogP contribution is -2.58. The molecule has 1 rings (SSSR count). The van der Waals surface area contributed by atoms with Crippen molar-refractivity contribution in [1.82, 2.24) is 4.90 Å². The molecule has 0 aromatic rings. The van der Waals surface area contributed by atoms with Crippen LogP contribution in [0.15, 0.2) is 12.7 Å². The zero-order chi connectivity index (χ0) is 17.0. The normalized spacial score (nSPS) is 25.6. The summed E-state index contributed by atoms with van der Waals surface area (Å²) in [5, 5.41) is 10.0. The maximum absolute atomic E-state index is 12.6. The summed E-state index contributed by atoms with van der Waals surface area (Å²) in [7, 11) is -0.893. The number of likely N-dealkylation sites (tertiary alicyclic amines) is 1. The molecule has 127 valence electrons. The van der Waals surface area contributed by atoms with Crippen molar-refractivity contribution in [3.05, 3.63) is 12.7 Å². The molecule has 1 heterocycles. The molecule has 1 radical (unpaired) electrons. The lowest BCUT2D eigenvalue weighted by Gasteiger charge is -2.43. The van der Waals surface area contributed by atoms with Crippen LogP contribution < -0.4 is 0 Å². The van der Waals surface area contributed by atoms with Gasteiger partial charge in [-0.15, -0.1) is 0 Å². The molecule has 0 aromatic heterocycles. The minimum absolute atomic E-state index is 0.0185. The Bertz CT molecular complexity index is 394.